The average molecular weight is 298 g/mol. The van der Waals surface area contributed by atoms with Gasteiger partial charge in [0.05, 0.1) is 18.2 Å². The van der Waals surface area contributed by atoms with Gasteiger partial charge in [-0.3, -0.25) is 0 Å². The number of methoxy groups -OCH3 is 1. The minimum atomic E-state index is -4.45. The number of esters is 1. The van der Waals surface area contributed by atoms with E-state index in [1.165, 1.54) is 19.2 Å². The van der Waals surface area contributed by atoms with Crippen molar-refractivity contribution in [1.29, 1.82) is 0 Å². The lowest BCUT2D eigenvalue weighted by Crippen LogP contribution is -2.04. The van der Waals surface area contributed by atoms with E-state index in [1.54, 1.807) is 0 Å². The third-order valence-electron chi connectivity index (χ3n) is 2.91. The van der Waals surface area contributed by atoms with Gasteiger partial charge in [0.2, 0.25) is 0 Å². The highest BCUT2D eigenvalue weighted by Crippen LogP contribution is 2.31. The van der Waals surface area contributed by atoms with E-state index in [0.29, 0.717) is 0 Å². The van der Waals surface area contributed by atoms with Gasteiger partial charge in [-0.15, -0.1) is 0 Å². The highest BCUT2D eigenvalue weighted by molar-refractivity contribution is 5.91. The van der Waals surface area contributed by atoms with E-state index >= 15 is 0 Å². The number of alkyl halides is 3. The summed E-state index contributed by atoms with van der Waals surface area (Å²) >= 11 is 0. The minimum Gasteiger partial charge on any atom is -0.465 e. The zero-order valence-corrected chi connectivity index (χ0v) is 10.9. The SMILES string of the molecule is COC(=O)c1ccc(F)c(-c2ccc(C(F)(F)F)cc2)c1. The van der Waals surface area contributed by atoms with Crippen LogP contribution in [0.1, 0.15) is 15.9 Å². The molecule has 0 aliphatic rings. The van der Waals surface area contributed by atoms with Gasteiger partial charge in [0.25, 0.3) is 0 Å². The number of carbonyl (C=O) groups excluding carboxylic acids is 1. The van der Waals surface area contributed by atoms with Gasteiger partial charge >= 0.3 is 12.1 Å². The summed E-state index contributed by atoms with van der Waals surface area (Å²) in [7, 11) is 1.18. The smallest absolute Gasteiger partial charge is 0.416 e. The molecule has 6 heteroatoms. The van der Waals surface area contributed by atoms with E-state index in [1.807, 2.05) is 0 Å². The first kappa shape index (κ1) is 15.0. The molecule has 0 N–H and O–H groups in total. The van der Waals surface area contributed by atoms with Crippen molar-refractivity contribution in [3.8, 4) is 11.1 Å². The molecule has 0 amide bonds. The Hall–Kier alpha value is -2.37. The second kappa shape index (κ2) is 5.55. The van der Waals surface area contributed by atoms with E-state index in [4.69, 9.17) is 0 Å². The topological polar surface area (TPSA) is 26.3 Å². The van der Waals surface area contributed by atoms with Gasteiger partial charge < -0.3 is 4.74 Å². The molecular weight excluding hydrogens is 288 g/mol. The molecule has 0 radical (unpaired) electrons. The van der Waals surface area contributed by atoms with Crippen molar-refractivity contribution in [3.63, 3.8) is 0 Å². The molecule has 0 aliphatic heterocycles. The molecule has 0 unspecified atom stereocenters. The van der Waals surface area contributed by atoms with Crippen LogP contribution in [0, 0.1) is 5.82 Å². The summed E-state index contributed by atoms with van der Waals surface area (Å²) in [5.74, 6) is -1.29. The van der Waals surface area contributed by atoms with Crippen LogP contribution >= 0.6 is 0 Å². The highest BCUT2D eigenvalue weighted by Gasteiger charge is 2.30. The fourth-order valence-electron chi connectivity index (χ4n) is 1.83. The number of halogens is 4. The average Bonchev–Trinajstić information content (AvgIpc) is 2.46. The number of carbonyl (C=O) groups is 1. The van der Waals surface area contributed by atoms with Gasteiger partial charge in [0, 0.05) is 5.56 Å². The standard InChI is InChI=1S/C15H10F4O2/c1-21-14(20)10-4-7-13(16)12(8-10)9-2-5-11(6-3-9)15(17,18)19/h2-8H,1H3. The highest BCUT2D eigenvalue weighted by atomic mass is 19.4. The second-order valence-electron chi connectivity index (χ2n) is 4.26. The summed E-state index contributed by atoms with van der Waals surface area (Å²) in [5.41, 5.74) is -0.428. The number of hydrogen-bond acceptors (Lipinski definition) is 2. The molecule has 0 saturated carbocycles. The Labute approximate surface area is 118 Å². The van der Waals surface area contributed by atoms with Crippen LogP contribution in [0.4, 0.5) is 17.6 Å². The molecule has 21 heavy (non-hydrogen) atoms. The molecule has 0 aliphatic carbocycles. The molecule has 0 heterocycles. The lowest BCUT2D eigenvalue weighted by Gasteiger charge is -2.09. The maximum Gasteiger partial charge on any atom is 0.416 e. The van der Waals surface area contributed by atoms with Crippen LogP contribution in [0.3, 0.4) is 0 Å². The number of hydrogen-bond donors (Lipinski definition) is 0. The Morgan fingerprint density at radius 3 is 2.19 bits per heavy atom. The lowest BCUT2D eigenvalue weighted by atomic mass is 10.0. The van der Waals surface area contributed by atoms with E-state index in [2.05, 4.69) is 4.74 Å². The van der Waals surface area contributed by atoms with E-state index in [-0.39, 0.29) is 16.7 Å². The zero-order valence-electron chi connectivity index (χ0n) is 10.9. The molecule has 2 aromatic carbocycles. The zero-order chi connectivity index (χ0) is 15.6. The maximum atomic E-state index is 13.8. The Morgan fingerprint density at radius 1 is 1.05 bits per heavy atom. The molecule has 0 spiro atoms. The largest absolute Gasteiger partial charge is 0.465 e. The Bertz CT molecular complexity index is 660. The molecule has 2 rings (SSSR count). The van der Waals surface area contributed by atoms with E-state index in [0.717, 1.165) is 30.3 Å². The lowest BCUT2D eigenvalue weighted by molar-refractivity contribution is -0.137. The quantitative estimate of drug-likeness (QED) is 0.610. The van der Waals surface area contributed by atoms with Crippen molar-refractivity contribution in [2.45, 2.75) is 6.18 Å². The van der Waals surface area contributed by atoms with E-state index < -0.39 is 23.5 Å². The van der Waals surface area contributed by atoms with Gasteiger partial charge in [-0.25, -0.2) is 9.18 Å². The van der Waals surface area contributed by atoms with Crippen molar-refractivity contribution >= 4 is 5.97 Å². The Morgan fingerprint density at radius 2 is 1.67 bits per heavy atom. The molecular formula is C15H10F4O2. The summed E-state index contributed by atoms with van der Waals surface area (Å²) in [5, 5.41) is 0. The van der Waals surface area contributed by atoms with Crippen molar-refractivity contribution in [2.75, 3.05) is 7.11 Å². The van der Waals surface area contributed by atoms with Crippen LogP contribution in [0.2, 0.25) is 0 Å². The van der Waals surface area contributed by atoms with Gasteiger partial charge in [-0.05, 0) is 35.9 Å². The number of rotatable bonds is 2. The van der Waals surface area contributed by atoms with Crippen LogP contribution in [0.25, 0.3) is 11.1 Å². The first-order valence-corrected chi connectivity index (χ1v) is 5.88. The van der Waals surface area contributed by atoms with Crippen molar-refractivity contribution in [1.82, 2.24) is 0 Å². The molecule has 110 valence electrons. The number of benzene rings is 2. The second-order valence-corrected chi connectivity index (χ2v) is 4.26. The Balaban J connectivity index is 2.44. The molecule has 2 nitrogen and oxygen atoms in total. The van der Waals surface area contributed by atoms with E-state index in [9.17, 15) is 22.4 Å². The molecule has 0 bridgehead atoms. The first-order valence-electron chi connectivity index (χ1n) is 5.88. The summed E-state index contributed by atoms with van der Waals surface area (Å²) in [6.07, 6.45) is -4.45. The van der Waals surface area contributed by atoms with Crippen molar-refractivity contribution in [2.24, 2.45) is 0 Å². The van der Waals surface area contributed by atoms with Gasteiger partial charge in [0.1, 0.15) is 5.82 Å². The maximum absolute atomic E-state index is 13.8. The minimum absolute atomic E-state index is 0.0339. The summed E-state index contributed by atoms with van der Waals surface area (Å²) in [6, 6.07) is 7.58. The molecule has 2 aromatic rings. The predicted molar refractivity (Wildman–Crippen MR) is 68.2 cm³/mol. The summed E-state index contributed by atoms with van der Waals surface area (Å²) in [6.45, 7) is 0. The van der Waals surface area contributed by atoms with Gasteiger partial charge in [-0.2, -0.15) is 13.2 Å². The predicted octanol–water partition coefficient (Wildman–Crippen LogP) is 4.30. The van der Waals surface area contributed by atoms with Crippen LogP contribution in [-0.4, -0.2) is 13.1 Å². The summed E-state index contributed by atoms with van der Waals surface area (Å²) in [4.78, 5) is 11.4. The van der Waals surface area contributed by atoms with Crippen LogP contribution in [0.15, 0.2) is 42.5 Å². The van der Waals surface area contributed by atoms with Crippen molar-refractivity contribution < 1.29 is 27.1 Å². The van der Waals surface area contributed by atoms with Crippen LogP contribution in [-0.2, 0) is 10.9 Å². The third kappa shape index (κ3) is 3.21. The van der Waals surface area contributed by atoms with Gasteiger partial charge in [0.15, 0.2) is 0 Å². The fraction of sp³-hybridized carbons (Fsp3) is 0.133. The van der Waals surface area contributed by atoms with Gasteiger partial charge in [-0.1, -0.05) is 12.1 Å². The normalized spacial score (nSPS) is 11.3. The van der Waals surface area contributed by atoms with Crippen LogP contribution in [0.5, 0.6) is 0 Å². The first-order chi connectivity index (χ1) is 9.82. The Kier molecular flexibility index (Phi) is 3.97. The third-order valence-corrected chi connectivity index (χ3v) is 2.91. The monoisotopic (exact) mass is 298 g/mol. The van der Waals surface area contributed by atoms with Crippen molar-refractivity contribution in [3.05, 3.63) is 59.4 Å². The molecule has 0 fully saturated rings. The summed E-state index contributed by atoms with van der Waals surface area (Å²) < 4.78 is 55.7. The van der Waals surface area contributed by atoms with Crippen LogP contribution < -0.4 is 0 Å². The molecule has 0 aromatic heterocycles. The molecule has 0 saturated heterocycles. The molecule has 0 atom stereocenters. The number of ether oxygens (including phenoxy) is 1. The fourth-order valence-corrected chi connectivity index (χ4v) is 1.83.